The molecule has 2 aromatic rings. The highest BCUT2D eigenvalue weighted by Crippen LogP contribution is 2.14. The van der Waals surface area contributed by atoms with Crippen molar-refractivity contribution in [2.75, 3.05) is 0 Å². The number of hydrogen-bond donors (Lipinski definition) is 2. The van der Waals surface area contributed by atoms with Crippen molar-refractivity contribution in [3.8, 4) is 0 Å². The lowest BCUT2D eigenvalue weighted by molar-refractivity contribution is -0.139. The van der Waals surface area contributed by atoms with E-state index in [1.165, 1.54) is 23.1 Å². The fraction of sp³-hybridized carbons (Fsp3) is 0.250. The number of aliphatic carboxylic acids is 1. The highest BCUT2D eigenvalue weighted by molar-refractivity contribution is 5.94. The third-order valence-electron chi connectivity index (χ3n) is 2.54. The number of nitrogens with zero attached hydrogens (tertiary/aromatic N) is 2. The molecule has 0 bridgehead atoms. The van der Waals surface area contributed by atoms with Crippen LogP contribution >= 0.6 is 0 Å². The Bertz CT molecular complexity index is 614. The Kier molecular flexibility index (Phi) is 3.37. The fourth-order valence-corrected chi connectivity index (χ4v) is 1.64. The largest absolute Gasteiger partial charge is 0.479 e. The molecule has 2 aromatic heterocycles. The molecule has 1 amide bonds. The third kappa shape index (κ3) is 2.82. The minimum absolute atomic E-state index is 0.0765. The first-order valence-corrected chi connectivity index (χ1v) is 5.56. The Labute approximate surface area is 108 Å². The number of amides is 1. The quantitative estimate of drug-likeness (QED) is 0.853. The maximum atomic E-state index is 11.9. The van der Waals surface area contributed by atoms with E-state index in [-0.39, 0.29) is 5.76 Å². The van der Waals surface area contributed by atoms with Gasteiger partial charge in [0.05, 0.1) is 6.20 Å². The van der Waals surface area contributed by atoms with E-state index in [2.05, 4.69) is 10.4 Å². The average molecular weight is 263 g/mol. The summed E-state index contributed by atoms with van der Waals surface area (Å²) in [5.74, 6) is -1.08. The fourth-order valence-electron chi connectivity index (χ4n) is 1.64. The molecule has 0 aliphatic carbocycles. The summed E-state index contributed by atoms with van der Waals surface area (Å²) in [5.41, 5.74) is 0.395. The molecule has 100 valence electrons. The Morgan fingerprint density at radius 2 is 2.21 bits per heavy atom. The van der Waals surface area contributed by atoms with Gasteiger partial charge in [-0.1, -0.05) is 0 Å². The summed E-state index contributed by atoms with van der Waals surface area (Å²) in [4.78, 5) is 23.1. The van der Waals surface area contributed by atoms with Crippen LogP contribution in [0.25, 0.3) is 0 Å². The van der Waals surface area contributed by atoms with Gasteiger partial charge in [-0.05, 0) is 19.1 Å². The van der Waals surface area contributed by atoms with Gasteiger partial charge in [-0.2, -0.15) is 5.10 Å². The normalized spacial score (nSPS) is 12.1. The predicted molar refractivity (Wildman–Crippen MR) is 64.5 cm³/mol. The Hall–Kier alpha value is -2.57. The number of aryl methyl sites for hydroxylation is 2. The summed E-state index contributed by atoms with van der Waals surface area (Å²) in [6, 6.07) is 1.97. The van der Waals surface area contributed by atoms with Crippen LogP contribution in [-0.2, 0) is 11.8 Å². The SMILES string of the molecule is Cc1ccc(C(=O)NC(C(=O)O)c2cnn(C)c2)o1. The molecule has 0 aromatic carbocycles. The van der Waals surface area contributed by atoms with Gasteiger partial charge in [-0.15, -0.1) is 0 Å². The summed E-state index contributed by atoms with van der Waals surface area (Å²) >= 11 is 0. The second-order valence-electron chi connectivity index (χ2n) is 4.10. The molecule has 0 radical (unpaired) electrons. The molecular weight excluding hydrogens is 250 g/mol. The van der Waals surface area contributed by atoms with Crippen molar-refractivity contribution in [2.24, 2.45) is 7.05 Å². The van der Waals surface area contributed by atoms with E-state index in [9.17, 15) is 9.59 Å². The Balaban J connectivity index is 2.18. The van der Waals surface area contributed by atoms with Gasteiger partial charge in [-0.25, -0.2) is 4.79 Å². The monoisotopic (exact) mass is 263 g/mol. The second-order valence-corrected chi connectivity index (χ2v) is 4.10. The number of carboxylic acids is 1. The van der Waals surface area contributed by atoms with Crippen LogP contribution < -0.4 is 5.32 Å². The van der Waals surface area contributed by atoms with E-state index in [0.29, 0.717) is 11.3 Å². The van der Waals surface area contributed by atoms with E-state index in [0.717, 1.165) is 0 Å². The summed E-state index contributed by atoms with van der Waals surface area (Å²) in [5, 5.41) is 15.4. The number of rotatable bonds is 4. The van der Waals surface area contributed by atoms with Crippen molar-refractivity contribution in [3.63, 3.8) is 0 Å². The van der Waals surface area contributed by atoms with Crippen LogP contribution in [0.5, 0.6) is 0 Å². The Morgan fingerprint density at radius 1 is 1.47 bits per heavy atom. The molecule has 1 unspecified atom stereocenters. The van der Waals surface area contributed by atoms with Crippen molar-refractivity contribution in [1.29, 1.82) is 0 Å². The lowest BCUT2D eigenvalue weighted by Crippen LogP contribution is -2.33. The van der Waals surface area contributed by atoms with Gasteiger partial charge in [0.25, 0.3) is 5.91 Å². The number of carbonyl (C=O) groups excluding carboxylic acids is 1. The number of carboxylic acid groups (broad SMARTS) is 1. The third-order valence-corrected chi connectivity index (χ3v) is 2.54. The van der Waals surface area contributed by atoms with Crippen LogP contribution in [0.2, 0.25) is 0 Å². The molecule has 7 heteroatoms. The van der Waals surface area contributed by atoms with Crippen LogP contribution in [0.4, 0.5) is 0 Å². The lowest BCUT2D eigenvalue weighted by atomic mass is 10.1. The van der Waals surface area contributed by atoms with Crippen molar-refractivity contribution in [1.82, 2.24) is 15.1 Å². The molecule has 7 nitrogen and oxygen atoms in total. The zero-order valence-corrected chi connectivity index (χ0v) is 10.5. The molecule has 2 N–H and O–H groups in total. The molecule has 1 atom stereocenters. The smallest absolute Gasteiger partial charge is 0.331 e. The van der Waals surface area contributed by atoms with E-state index in [1.54, 1.807) is 20.0 Å². The number of nitrogens with one attached hydrogen (secondary N) is 1. The van der Waals surface area contributed by atoms with Gasteiger partial charge in [0.2, 0.25) is 0 Å². The maximum absolute atomic E-state index is 11.9. The van der Waals surface area contributed by atoms with Gasteiger partial charge in [0, 0.05) is 18.8 Å². The average Bonchev–Trinajstić information content (AvgIpc) is 2.94. The molecule has 2 rings (SSSR count). The molecule has 0 spiro atoms. The van der Waals surface area contributed by atoms with E-state index in [1.807, 2.05) is 0 Å². The molecule has 0 aliphatic rings. The number of carbonyl (C=O) groups is 2. The minimum atomic E-state index is -1.16. The van der Waals surface area contributed by atoms with Gasteiger partial charge in [-0.3, -0.25) is 9.48 Å². The van der Waals surface area contributed by atoms with E-state index in [4.69, 9.17) is 9.52 Å². The predicted octanol–water partition coefficient (Wildman–Crippen LogP) is 0.877. The first-order chi connectivity index (χ1) is 8.97. The van der Waals surface area contributed by atoms with Crippen molar-refractivity contribution in [3.05, 3.63) is 41.6 Å². The van der Waals surface area contributed by atoms with Crippen molar-refractivity contribution < 1.29 is 19.1 Å². The van der Waals surface area contributed by atoms with Crippen LogP contribution in [0.15, 0.2) is 28.9 Å². The molecule has 0 saturated heterocycles. The standard InChI is InChI=1S/C12H13N3O4/c1-7-3-4-9(19-7)11(16)14-10(12(17)18)8-5-13-15(2)6-8/h3-6,10H,1-2H3,(H,14,16)(H,17,18). The first-order valence-electron chi connectivity index (χ1n) is 5.56. The summed E-state index contributed by atoms with van der Waals surface area (Å²) < 4.78 is 6.61. The summed E-state index contributed by atoms with van der Waals surface area (Å²) in [6.45, 7) is 1.70. The van der Waals surface area contributed by atoms with Crippen LogP contribution in [0.3, 0.4) is 0 Å². The van der Waals surface area contributed by atoms with Crippen LogP contribution in [0.1, 0.15) is 27.9 Å². The summed E-state index contributed by atoms with van der Waals surface area (Å²) in [6.07, 6.45) is 2.93. The number of aromatic nitrogens is 2. The van der Waals surface area contributed by atoms with Gasteiger partial charge < -0.3 is 14.8 Å². The number of hydrogen-bond acceptors (Lipinski definition) is 4. The molecule has 0 aliphatic heterocycles. The molecule has 2 heterocycles. The van der Waals surface area contributed by atoms with Crippen molar-refractivity contribution >= 4 is 11.9 Å². The van der Waals surface area contributed by atoms with Gasteiger partial charge in [0.15, 0.2) is 11.8 Å². The highest BCUT2D eigenvalue weighted by Gasteiger charge is 2.25. The van der Waals surface area contributed by atoms with Crippen LogP contribution in [0, 0.1) is 6.92 Å². The second kappa shape index (κ2) is 4.97. The lowest BCUT2D eigenvalue weighted by Gasteiger charge is -2.11. The molecular formula is C12H13N3O4. The van der Waals surface area contributed by atoms with Gasteiger partial charge >= 0.3 is 5.97 Å². The molecule has 19 heavy (non-hydrogen) atoms. The topological polar surface area (TPSA) is 97.4 Å². The first kappa shape index (κ1) is 12.9. The maximum Gasteiger partial charge on any atom is 0.331 e. The Morgan fingerprint density at radius 3 is 2.68 bits per heavy atom. The van der Waals surface area contributed by atoms with E-state index >= 15 is 0 Å². The zero-order valence-electron chi connectivity index (χ0n) is 10.5. The van der Waals surface area contributed by atoms with Gasteiger partial charge in [0.1, 0.15) is 5.76 Å². The number of furan rings is 1. The zero-order chi connectivity index (χ0) is 14.0. The molecule has 0 saturated carbocycles. The van der Waals surface area contributed by atoms with Crippen molar-refractivity contribution in [2.45, 2.75) is 13.0 Å². The summed E-state index contributed by atoms with van der Waals surface area (Å²) in [7, 11) is 1.67. The minimum Gasteiger partial charge on any atom is -0.479 e. The molecule has 0 fully saturated rings. The highest BCUT2D eigenvalue weighted by atomic mass is 16.4. The van der Waals surface area contributed by atoms with Crippen LogP contribution in [-0.4, -0.2) is 26.8 Å². The van der Waals surface area contributed by atoms with E-state index < -0.39 is 17.9 Å².